The molecular formula is C13H18O4. The molecule has 1 saturated heterocycles. The molecule has 0 radical (unpaired) electrons. The molecule has 1 aromatic carbocycles. The van der Waals surface area contributed by atoms with Crippen molar-refractivity contribution >= 4 is 0 Å². The van der Waals surface area contributed by atoms with Gasteiger partial charge in [-0.15, -0.1) is 0 Å². The Morgan fingerprint density at radius 2 is 2.12 bits per heavy atom. The molecule has 0 amide bonds. The minimum absolute atomic E-state index is 0.0976. The number of ether oxygens (including phenoxy) is 3. The SMILES string of the molecule is COc1ccc(C2CC(O)CCO2)c(OC)c1. The monoisotopic (exact) mass is 238 g/mol. The van der Waals surface area contributed by atoms with E-state index in [1.807, 2.05) is 18.2 Å². The average molecular weight is 238 g/mol. The standard InChI is InChI=1S/C13H18O4/c1-15-10-3-4-11(12(8-10)16-2)13-7-9(14)5-6-17-13/h3-4,8-9,13-14H,5-7H2,1-2H3. The summed E-state index contributed by atoms with van der Waals surface area (Å²) in [5.74, 6) is 1.49. The van der Waals surface area contributed by atoms with Crippen LogP contribution in [0.4, 0.5) is 0 Å². The Morgan fingerprint density at radius 1 is 1.29 bits per heavy atom. The van der Waals surface area contributed by atoms with E-state index in [1.54, 1.807) is 14.2 Å². The largest absolute Gasteiger partial charge is 0.497 e. The summed E-state index contributed by atoms with van der Waals surface area (Å²) in [6, 6.07) is 5.64. The smallest absolute Gasteiger partial charge is 0.128 e. The minimum atomic E-state index is -0.291. The van der Waals surface area contributed by atoms with Gasteiger partial charge in [-0.3, -0.25) is 0 Å². The van der Waals surface area contributed by atoms with Crippen LogP contribution >= 0.6 is 0 Å². The average Bonchev–Trinajstić information content (AvgIpc) is 2.38. The number of aliphatic hydroxyl groups is 1. The van der Waals surface area contributed by atoms with Gasteiger partial charge < -0.3 is 19.3 Å². The number of methoxy groups -OCH3 is 2. The highest BCUT2D eigenvalue weighted by molar-refractivity contribution is 5.42. The summed E-state index contributed by atoms with van der Waals surface area (Å²) in [5, 5.41) is 9.66. The van der Waals surface area contributed by atoms with Crippen molar-refractivity contribution in [2.24, 2.45) is 0 Å². The van der Waals surface area contributed by atoms with Crippen LogP contribution in [0.3, 0.4) is 0 Å². The predicted molar refractivity (Wildman–Crippen MR) is 63.5 cm³/mol. The van der Waals surface area contributed by atoms with Crippen LogP contribution in [0, 0.1) is 0 Å². The first-order valence-electron chi connectivity index (χ1n) is 5.76. The molecule has 17 heavy (non-hydrogen) atoms. The second-order valence-corrected chi connectivity index (χ2v) is 4.15. The lowest BCUT2D eigenvalue weighted by Crippen LogP contribution is -2.23. The second-order valence-electron chi connectivity index (χ2n) is 4.15. The summed E-state index contributed by atoms with van der Waals surface area (Å²) in [5.41, 5.74) is 0.965. The van der Waals surface area contributed by atoms with E-state index in [4.69, 9.17) is 14.2 Å². The minimum Gasteiger partial charge on any atom is -0.497 e. The quantitative estimate of drug-likeness (QED) is 0.874. The maximum atomic E-state index is 9.66. The molecule has 0 aromatic heterocycles. The van der Waals surface area contributed by atoms with Crippen molar-refractivity contribution in [3.63, 3.8) is 0 Å². The summed E-state index contributed by atoms with van der Waals surface area (Å²) in [6.07, 6.45) is 0.928. The first kappa shape index (κ1) is 12.2. The summed E-state index contributed by atoms with van der Waals surface area (Å²) >= 11 is 0. The topological polar surface area (TPSA) is 47.9 Å². The molecule has 1 aromatic rings. The fraction of sp³-hybridized carbons (Fsp3) is 0.538. The van der Waals surface area contributed by atoms with Gasteiger partial charge >= 0.3 is 0 Å². The van der Waals surface area contributed by atoms with E-state index in [0.717, 1.165) is 17.1 Å². The molecule has 4 nitrogen and oxygen atoms in total. The van der Waals surface area contributed by atoms with Crippen molar-refractivity contribution in [1.82, 2.24) is 0 Å². The molecular weight excluding hydrogens is 220 g/mol. The normalized spacial score (nSPS) is 24.4. The van der Waals surface area contributed by atoms with Crippen molar-refractivity contribution < 1.29 is 19.3 Å². The number of rotatable bonds is 3. The summed E-state index contributed by atoms with van der Waals surface area (Å²) in [4.78, 5) is 0. The van der Waals surface area contributed by atoms with Gasteiger partial charge in [0.2, 0.25) is 0 Å². The highest BCUT2D eigenvalue weighted by atomic mass is 16.5. The molecule has 0 spiro atoms. The molecule has 94 valence electrons. The lowest BCUT2D eigenvalue weighted by Gasteiger charge is -2.27. The Kier molecular flexibility index (Phi) is 3.86. The van der Waals surface area contributed by atoms with Gasteiger partial charge in [0.25, 0.3) is 0 Å². The summed E-state index contributed by atoms with van der Waals surface area (Å²) in [6.45, 7) is 0.584. The van der Waals surface area contributed by atoms with E-state index in [1.165, 1.54) is 0 Å². The zero-order valence-corrected chi connectivity index (χ0v) is 10.2. The van der Waals surface area contributed by atoms with E-state index < -0.39 is 0 Å². The summed E-state index contributed by atoms with van der Waals surface area (Å²) in [7, 11) is 3.24. The van der Waals surface area contributed by atoms with Gasteiger partial charge in [0.15, 0.2) is 0 Å². The Labute approximate surface area is 101 Å². The van der Waals surface area contributed by atoms with Gasteiger partial charge in [-0.25, -0.2) is 0 Å². The second kappa shape index (κ2) is 5.38. The number of hydrogen-bond donors (Lipinski definition) is 1. The molecule has 1 aliphatic heterocycles. The van der Waals surface area contributed by atoms with Crippen molar-refractivity contribution in [3.8, 4) is 11.5 Å². The predicted octanol–water partition coefficient (Wildman–Crippen LogP) is 1.92. The van der Waals surface area contributed by atoms with Gasteiger partial charge in [0, 0.05) is 24.7 Å². The van der Waals surface area contributed by atoms with Crippen molar-refractivity contribution in [1.29, 1.82) is 0 Å². The third kappa shape index (κ3) is 2.70. The Balaban J connectivity index is 2.24. The van der Waals surface area contributed by atoms with Crippen LogP contribution < -0.4 is 9.47 Å². The maximum Gasteiger partial charge on any atom is 0.128 e. The van der Waals surface area contributed by atoms with E-state index >= 15 is 0 Å². The highest BCUT2D eigenvalue weighted by Crippen LogP contribution is 2.36. The van der Waals surface area contributed by atoms with Gasteiger partial charge in [-0.2, -0.15) is 0 Å². The lowest BCUT2D eigenvalue weighted by atomic mass is 9.98. The zero-order valence-electron chi connectivity index (χ0n) is 10.2. The van der Waals surface area contributed by atoms with Crippen LogP contribution in [-0.2, 0) is 4.74 Å². The van der Waals surface area contributed by atoms with Gasteiger partial charge in [-0.1, -0.05) is 0 Å². The number of hydrogen-bond acceptors (Lipinski definition) is 4. The van der Waals surface area contributed by atoms with Gasteiger partial charge in [0.1, 0.15) is 11.5 Å². The first-order valence-corrected chi connectivity index (χ1v) is 5.76. The van der Waals surface area contributed by atoms with Crippen LogP contribution in [0.5, 0.6) is 11.5 Å². The number of aliphatic hydroxyl groups excluding tert-OH is 1. The number of benzene rings is 1. The van der Waals surface area contributed by atoms with Crippen LogP contribution in [0.1, 0.15) is 24.5 Å². The zero-order chi connectivity index (χ0) is 12.3. The molecule has 1 heterocycles. The molecule has 0 aliphatic carbocycles. The van der Waals surface area contributed by atoms with Crippen LogP contribution in [0.25, 0.3) is 0 Å². The fourth-order valence-electron chi connectivity index (χ4n) is 2.08. The lowest BCUT2D eigenvalue weighted by molar-refractivity contribution is -0.0455. The fourth-order valence-corrected chi connectivity index (χ4v) is 2.08. The third-order valence-corrected chi connectivity index (χ3v) is 3.04. The molecule has 2 rings (SSSR count). The Hall–Kier alpha value is -1.26. The van der Waals surface area contributed by atoms with E-state index in [2.05, 4.69) is 0 Å². The molecule has 1 N–H and O–H groups in total. The molecule has 1 aliphatic rings. The van der Waals surface area contributed by atoms with Gasteiger partial charge in [0.05, 0.1) is 26.4 Å². The van der Waals surface area contributed by atoms with Crippen LogP contribution in [0.2, 0.25) is 0 Å². The molecule has 2 atom stereocenters. The molecule has 2 unspecified atom stereocenters. The Bertz CT molecular complexity index is 378. The summed E-state index contributed by atoms with van der Waals surface area (Å²) < 4.78 is 16.2. The van der Waals surface area contributed by atoms with E-state index in [9.17, 15) is 5.11 Å². The van der Waals surface area contributed by atoms with Crippen molar-refractivity contribution in [2.45, 2.75) is 25.0 Å². The molecule has 0 saturated carbocycles. The third-order valence-electron chi connectivity index (χ3n) is 3.04. The van der Waals surface area contributed by atoms with Crippen molar-refractivity contribution in [3.05, 3.63) is 23.8 Å². The van der Waals surface area contributed by atoms with E-state index in [-0.39, 0.29) is 12.2 Å². The molecule has 4 heteroatoms. The maximum absolute atomic E-state index is 9.66. The van der Waals surface area contributed by atoms with Gasteiger partial charge in [-0.05, 0) is 18.6 Å². The van der Waals surface area contributed by atoms with Crippen molar-refractivity contribution in [2.75, 3.05) is 20.8 Å². The Morgan fingerprint density at radius 3 is 2.76 bits per heavy atom. The van der Waals surface area contributed by atoms with Crippen LogP contribution in [-0.4, -0.2) is 32.0 Å². The first-order chi connectivity index (χ1) is 8.24. The van der Waals surface area contributed by atoms with E-state index in [0.29, 0.717) is 19.4 Å². The highest BCUT2D eigenvalue weighted by Gasteiger charge is 2.25. The molecule has 0 bridgehead atoms. The van der Waals surface area contributed by atoms with Crippen LogP contribution in [0.15, 0.2) is 18.2 Å². The molecule has 1 fully saturated rings.